The minimum absolute atomic E-state index is 0. The van der Waals surface area contributed by atoms with Gasteiger partial charge in [-0.3, -0.25) is 0 Å². The lowest BCUT2D eigenvalue weighted by Gasteiger charge is -1.80. The Morgan fingerprint density at radius 3 is 1.33 bits per heavy atom. The van der Waals surface area contributed by atoms with Gasteiger partial charge in [0.25, 0.3) is 0 Å². The number of aliphatic hydroxyl groups is 1. The van der Waals surface area contributed by atoms with Crippen LogP contribution in [0.3, 0.4) is 0 Å². The minimum atomic E-state index is -0.167. The fraction of sp³-hybridized carbons (Fsp3) is 0.857. The van der Waals surface area contributed by atoms with Crippen LogP contribution in [0, 0.1) is 0 Å². The van der Waals surface area contributed by atoms with Gasteiger partial charge < -0.3 is 9.90 Å². The molecule has 0 saturated heterocycles. The topological polar surface area (TPSA) is 37.3 Å². The molecular weight excluding hydrogens is 116 g/mol. The number of hydrogen-bond donors (Lipinski definition) is 1. The Morgan fingerprint density at radius 2 is 1.33 bits per heavy atom. The molecule has 2 heteroatoms. The summed E-state index contributed by atoms with van der Waals surface area (Å²) >= 11 is 0. The van der Waals surface area contributed by atoms with Gasteiger partial charge in [0.1, 0.15) is 5.78 Å². The molecule has 0 aliphatic rings. The van der Waals surface area contributed by atoms with Crippen LogP contribution in [0.1, 0.15) is 35.1 Å². The van der Waals surface area contributed by atoms with Crippen molar-refractivity contribution >= 4 is 5.78 Å². The fourth-order valence-corrected chi connectivity index (χ4v) is 0. The van der Waals surface area contributed by atoms with Gasteiger partial charge in [0.15, 0.2) is 0 Å². The summed E-state index contributed by atoms with van der Waals surface area (Å²) in [6, 6.07) is 0. The maximum absolute atomic E-state index is 9.44. The van der Waals surface area contributed by atoms with Crippen LogP contribution in [0.2, 0.25) is 0 Å². The van der Waals surface area contributed by atoms with Gasteiger partial charge in [0.2, 0.25) is 0 Å². The van der Waals surface area contributed by atoms with E-state index in [2.05, 4.69) is 0 Å². The van der Waals surface area contributed by atoms with Gasteiger partial charge in [-0.15, -0.1) is 0 Å². The van der Waals surface area contributed by atoms with Gasteiger partial charge in [0, 0.05) is 6.10 Å². The van der Waals surface area contributed by atoms with Crippen molar-refractivity contribution in [3.05, 3.63) is 0 Å². The Labute approximate surface area is 57.9 Å². The number of carbonyl (C=O) groups is 1. The predicted octanol–water partition coefficient (Wildman–Crippen LogP) is 1.62. The van der Waals surface area contributed by atoms with Gasteiger partial charge in [-0.25, -0.2) is 0 Å². The van der Waals surface area contributed by atoms with Crippen molar-refractivity contribution in [1.29, 1.82) is 0 Å². The Kier molecular flexibility index (Phi) is 18.6. The molecule has 0 amide bonds. The summed E-state index contributed by atoms with van der Waals surface area (Å²) in [6.07, 6.45) is -0.167. The molecule has 0 aliphatic carbocycles. The molecule has 0 aromatic rings. The molecule has 0 aromatic heterocycles. The van der Waals surface area contributed by atoms with E-state index < -0.39 is 0 Å². The van der Waals surface area contributed by atoms with E-state index >= 15 is 0 Å². The van der Waals surface area contributed by atoms with E-state index in [1.807, 2.05) is 0 Å². The summed E-state index contributed by atoms with van der Waals surface area (Å²) in [7, 11) is 0. The van der Waals surface area contributed by atoms with Gasteiger partial charge in [-0.2, -0.15) is 0 Å². The largest absolute Gasteiger partial charge is 0.394 e. The average Bonchev–Trinajstić information content (AvgIpc) is 1.25. The van der Waals surface area contributed by atoms with Crippen LogP contribution in [0.25, 0.3) is 0 Å². The second-order valence-corrected chi connectivity index (χ2v) is 2.00. The quantitative estimate of drug-likeness (QED) is 0.546. The standard InChI is InChI=1S/C3H8O.C3H6O.CH4/c2*1-3(2)4;/h3-4H,1-2H3;1-2H3;1H4. The molecule has 0 bridgehead atoms. The molecule has 0 radical (unpaired) electrons. The maximum atomic E-state index is 9.44. The molecule has 0 heterocycles. The monoisotopic (exact) mass is 134 g/mol. The van der Waals surface area contributed by atoms with Gasteiger partial charge in [0.05, 0.1) is 0 Å². The second kappa shape index (κ2) is 10.6. The van der Waals surface area contributed by atoms with E-state index in [1.165, 1.54) is 13.8 Å². The highest BCUT2D eigenvalue weighted by Crippen LogP contribution is 1.65. The highest BCUT2D eigenvalue weighted by atomic mass is 16.3. The Balaban J connectivity index is -0.0000000720. The summed E-state index contributed by atoms with van der Waals surface area (Å²) in [5.41, 5.74) is 0. The van der Waals surface area contributed by atoms with Crippen molar-refractivity contribution in [1.82, 2.24) is 0 Å². The number of hydrogen-bond acceptors (Lipinski definition) is 2. The number of rotatable bonds is 0. The van der Waals surface area contributed by atoms with E-state index in [9.17, 15) is 4.79 Å². The Bertz CT molecular complexity index is 51.2. The maximum Gasteiger partial charge on any atom is 0.126 e. The molecule has 2 nitrogen and oxygen atoms in total. The van der Waals surface area contributed by atoms with Crippen LogP contribution in [0.15, 0.2) is 0 Å². The van der Waals surface area contributed by atoms with Gasteiger partial charge in [-0.1, -0.05) is 7.43 Å². The highest BCUT2D eigenvalue weighted by Gasteiger charge is 1.69. The van der Waals surface area contributed by atoms with Crippen molar-refractivity contribution in [2.45, 2.75) is 41.2 Å². The molecule has 9 heavy (non-hydrogen) atoms. The van der Waals surface area contributed by atoms with Gasteiger partial charge in [-0.05, 0) is 27.7 Å². The average molecular weight is 134 g/mol. The van der Waals surface area contributed by atoms with Crippen LogP contribution in [0.5, 0.6) is 0 Å². The molecule has 0 aliphatic heterocycles. The van der Waals surface area contributed by atoms with Crippen molar-refractivity contribution in [2.24, 2.45) is 0 Å². The zero-order valence-electron chi connectivity index (χ0n) is 5.93. The zero-order valence-corrected chi connectivity index (χ0v) is 5.93. The smallest absolute Gasteiger partial charge is 0.126 e. The van der Waals surface area contributed by atoms with E-state index in [-0.39, 0.29) is 19.3 Å². The van der Waals surface area contributed by atoms with Crippen LogP contribution in [0.4, 0.5) is 0 Å². The lowest BCUT2D eigenvalue weighted by atomic mass is 10.5. The zero-order chi connectivity index (χ0) is 7.15. The van der Waals surface area contributed by atoms with Crippen molar-refractivity contribution in [2.75, 3.05) is 0 Å². The first-order chi connectivity index (χ1) is 3.46. The summed E-state index contributed by atoms with van der Waals surface area (Å²) in [5.74, 6) is 0.167. The molecule has 0 spiro atoms. The molecule has 0 rings (SSSR count). The minimum Gasteiger partial charge on any atom is -0.394 e. The molecule has 0 saturated carbocycles. The van der Waals surface area contributed by atoms with Crippen LogP contribution in [-0.4, -0.2) is 17.0 Å². The number of aliphatic hydroxyl groups excluding tert-OH is 1. The number of Topliss-reactive ketones (excluding diaryl/α,β-unsaturated/α-hetero) is 1. The third kappa shape index (κ3) is 1770. The van der Waals surface area contributed by atoms with E-state index in [0.29, 0.717) is 0 Å². The first-order valence-electron chi connectivity index (χ1n) is 2.62. The van der Waals surface area contributed by atoms with E-state index in [0.717, 1.165) is 0 Å². The molecule has 58 valence electrons. The number of carbonyl (C=O) groups excluding carboxylic acids is 1. The fourth-order valence-electron chi connectivity index (χ4n) is 0. The molecule has 0 atom stereocenters. The normalized spacial score (nSPS) is 6.89. The SMILES string of the molecule is C.CC(C)=O.CC(C)O. The van der Waals surface area contributed by atoms with Crippen molar-refractivity contribution in [3.63, 3.8) is 0 Å². The van der Waals surface area contributed by atoms with Crippen molar-refractivity contribution in [3.8, 4) is 0 Å². The summed E-state index contributed by atoms with van der Waals surface area (Å²) in [4.78, 5) is 9.44. The third-order valence-electron chi connectivity index (χ3n) is 0. The first-order valence-corrected chi connectivity index (χ1v) is 2.62. The second-order valence-electron chi connectivity index (χ2n) is 2.00. The molecule has 1 N–H and O–H groups in total. The Morgan fingerprint density at radius 1 is 1.33 bits per heavy atom. The van der Waals surface area contributed by atoms with Crippen LogP contribution < -0.4 is 0 Å². The number of ketones is 1. The lowest BCUT2D eigenvalue weighted by Crippen LogP contribution is -1.85. The third-order valence-corrected chi connectivity index (χ3v) is 0. The summed E-state index contributed by atoms with van der Waals surface area (Å²) in [5, 5.41) is 8.06. The van der Waals surface area contributed by atoms with Crippen LogP contribution in [-0.2, 0) is 4.79 Å². The molecular formula is C7H18O2. The summed E-state index contributed by atoms with van der Waals surface area (Å²) in [6.45, 7) is 6.50. The lowest BCUT2D eigenvalue weighted by molar-refractivity contribution is -0.114. The molecule has 0 unspecified atom stereocenters. The first kappa shape index (κ1) is 15.9. The van der Waals surface area contributed by atoms with E-state index in [4.69, 9.17) is 5.11 Å². The molecule has 0 fully saturated rings. The molecule has 0 aromatic carbocycles. The van der Waals surface area contributed by atoms with Crippen molar-refractivity contribution < 1.29 is 9.90 Å². The van der Waals surface area contributed by atoms with E-state index in [1.54, 1.807) is 13.8 Å². The predicted molar refractivity (Wildman–Crippen MR) is 40.4 cm³/mol. The van der Waals surface area contributed by atoms with Crippen LogP contribution >= 0.6 is 0 Å². The Hall–Kier alpha value is -0.370. The van der Waals surface area contributed by atoms with Gasteiger partial charge >= 0.3 is 0 Å². The highest BCUT2D eigenvalue weighted by molar-refractivity contribution is 5.72. The summed E-state index contributed by atoms with van der Waals surface area (Å²) < 4.78 is 0.